The first-order valence-corrected chi connectivity index (χ1v) is 6.58. The molecule has 1 aromatic rings. The average Bonchev–Trinajstić information content (AvgIpc) is 2.82. The van der Waals surface area contributed by atoms with Crippen molar-refractivity contribution in [1.29, 1.82) is 0 Å². The van der Waals surface area contributed by atoms with Gasteiger partial charge >= 0.3 is 5.97 Å². The van der Waals surface area contributed by atoms with Crippen molar-refractivity contribution in [2.45, 2.75) is 13.3 Å². The zero-order valence-corrected chi connectivity index (χ0v) is 12.4. The summed E-state index contributed by atoms with van der Waals surface area (Å²) in [5.41, 5.74) is 1.47. The van der Waals surface area contributed by atoms with E-state index in [1.165, 1.54) is 14.2 Å². The molecule has 1 fully saturated rings. The van der Waals surface area contributed by atoms with Crippen molar-refractivity contribution in [3.63, 3.8) is 0 Å². The number of methoxy groups -OCH3 is 2. The quantitative estimate of drug-likeness (QED) is 0.803. The predicted molar refractivity (Wildman–Crippen MR) is 75.2 cm³/mol. The third kappa shape index (κ3) is 2.58. The Kier molecular flexibility index (Phi) is 4.18. The van der Waals surface area contributed by atoms with Crippen LogP contribution >= 0.6 is 11.6 Å². The van der Waals surface area contributed by atoms with Gasteiger partial charge in [0, 0.05) is 24.1 Å². The predicted octanol–water partition coefficient (Wildman–Crippen LogP) is 2.18. The minimum Gasteiger partial charge on any atom is -0.495 e. The zero-order chi connectivity index (χ0) is 14.9. The average molecular weight is 298 g/mol. The number of esters is 1. The number of benzene rings is 1. The molecule has 6 heteroatoms. The van der Waals surface area contributed by atoms with E-state index in [0.717, 1.165) is 5.56 Å². The monoisotopic (exact) mass is 297 g/mol. The molecule has 2 rings (SSSR count). The number of amides is 1. The van der Waals surface area contributed by atoms with Gasteiger partial charge in [0.2, 0.25) is 5.91 Å². The van der Waals surface area contributed by atoms with E-state index in [1.807, 2.05) is 6.92 Å². The van der Waals surface area contributed by atoms with Crippen LogP contribution in [0.25, 0.3) is 0 Å². The Morgan fingerprint density at radius 3 is 2.70 bits per heavy atom. The summed E-state index contributed by atoms with van der Waals surface area (Å²) >= 11 is 6.05. The summed E-state index contributed by atoms with van der Waals surface area (Å²) in [6, 6.07) is 3.46. The Hall–Kier alpha value is -1.75. The van der Waals surface area contributed by atoms with Gasteiger partial charge in [0.1, 0.15) is 5.75 Å². The van der Waals surface area contributed by atoms with Crippen molar-refractivity contribution in [1.82, 2.24) is 0 Å². The molecule has 1 saturated heterocycles. The number of rotatable bonds is 3. The Morgan fingerprint density at radius 2 is 2.10 bits per heavy atom. The molecule has 1 atom stereocenters. The van der Waals surface area contributed by atoms with Crippen LogP contribution in [-0.2, 0) is 14.3 Å². The van der Waals surface area contributed by atoms with Gasteiger partial charge in [0.25, 0.3) is 0 Å². The molecule has 1 aliphatic rings. The van der Waals surface area contributed by atoms with Gasteiger partial charge in [-0.3, -0.25) is 9.59 Å². The molecule has 0 aliphatic carbocycles. The highest BCUT2D eigenvalue weighted by Gasteiger charge is 2.37. The number of aryl methyl sites for hydroxylation is 1. The molecule has 1 aliphatic heterocycles. The van der Waals surface area contributed by atoms with Crippen LogP contribution in [0.4, 0.5) is 5.69 Å². The second kappa shape index (κ2) is 5.71. The third-order valence-corrected chi connectivity index (χ3v) is 3.82. The van der Waals surface area contributed by atoms with Crippen LogP contribution in [-0.4, -0.2) is 32.6 Å². The van der Waals surface area contributed by atoms with Crippen LogP contribution in [0, 0.1) is 12.8 Å². The maximum atomic E-state index is 12.1. The first kappa shape index (κ1) is 14.7. The summed E-state index contributed by atoms with van der Waals surface area (Å²) in [6.07, 6.45) is 0.150. The van der Waals surface area contributed by atoms with Crippen LogP contribution in [0.15, 0.2) is 12.1 Å². The van der Waals surface area contributed by atoms with E-state index in [4.69, 9.17) is 21.1 Å². The highest BCUT2D eigenvalue weighted by atomic mass is 35.5. The lowest BCUT2D eigenvalue weighted by atomic mass is 10.1. The van der Waals surface area contributed by atoms with Gasteiger partial charge in [-0.15, -0.1) is 0 Å². The number of anilines is 1. The normalized spacial score (nSPS) is 18.3. The molecule has 0 radical (unpaired) electrons. The lowest BCUT2D eigenvalue weighted by Crippen LogP contribution is -2.26. The summed E-state index contributed by atoms with van der Waals surface area (Å²) in [5, 5.41) is 0.571. The molecule has 0 bridgehead atoms. The first-order valence-electron chi connectivity index (χ1n) is 6.20. The fourth-order valence-electron chi connectivity index (χ4n) is 2.29. The number of carbonyl (C=O) groups excluding carboxylic acids is 2. The molecule has 1 amide bonds. The van der Waals surface area contributed by atoms with Crippen molar-refractivity contribution in [3.8, 4) is 5.75 Å². The minimum atomic E-state index is -0.437. The van der Waals surface area contributed by atoms with E-state index in [1.54, 1.807) is 17.0 Å². The Bertz CT molecular complexity index is 558. The number of carbonyl (C=O) groups is 2. The smallest absolute Gasteiger partial charge is 0.311 e. The largest absolute Gasteiger partial charge is 0.495 e. The second-order valence-electron chi connectivity index (χ2n) is 4.70. The fourth-order valence-corrected chi connectivity index (χ4v) is 2.44. The second-order valence-corrected chi connectivity index (χ2v) is 5.11. The molecule has 0 aromatic heterocycles. The topological polar surface area (TPSA) is 55.8 Å². The van der Waals surface area contributed by atoms with Gasteiger partial charge in [0.05, 0.1) is 25.8 Å². The van der Waals surface area contributed by atoms with Crippen LogP contribution in [0.2, 0.25) is 5.02 Å². The standard InChI is InChI=1S/C14H16ClNO4/c1-8-4-11(12(19-2)6-10(8)15)16-7-9(5-13(16)17)14(18)20-3/h4,6,9H,5,7H2,1-3H3. The van der Waals surface area contributed by atoms with E-state index in [-0.39, 0.29) is 18.3 Å². The lowest BCUT2D eigenvalue weighted by Gasteiger charge is -2.20. The van der Waals surface area contributed by atoms with Gasteiger partial charge in [-0.1, -0.05) is 11.6 Å². The summed E-state index contributed by atoms with van der Waals surface area (Å²) < 4.78 is 9.97. The number of hydrogen-bond donors (Lipinski definition) is 0. The van der Waals surface area contributed by atoms with E-state index >= 15 is 0 Å². The maximum Gasteiger partial charge on any atom is 0.311 e. The van der Waals surface area contributed by atoms with Crippen molar-refractivity contribution in [2.75, 3.05) is 25.7 Å². The number of hydrogen-bond acceptors (Lipinski definition) is 4. The van der Waals surface area contributed by atoms with Crippen molar-refractivity contribution >= 4 is 29.2 Å². The summed E-state index contributed by atoms with van der Waals surface area (Å²) in [6.45, 7) is 2.15. The molecule has 0 saturated carbocycles. The van der Waals surface area contributed by atoms with Gasteiger partial charge < -0.3 is 14.4 Å². The van der Waals surface area contributed by atoms with Crippen LogP contribution in [0.3, 0.4) is 0 Å². The third-order valence-electron chi connectivity index (χ3n) is 3.41. The molecule has 108 valence electrons. The van der Waals surface area contributed by atoms with Gasteiger partial charge in [-0.05, 0) is 18.6 Å². The van der Waals surface area contributed by atoms with Crippen LogP contribution in [0.5, 0.6) is 5.75 Å². The van der Waals surface area contributed by atoms with E-state index in [2.05, 4.69) is 0 Å². The highest BCUT2D eigenvalue weighted by molar-refractivity contribution is 6.31. The van der Waals surface area contributed by atoms with E-state index in [9.17, 15) is 9.59 Å². The lowest BCUT2D eigenvalue weighted by molar-refractivity contribution is -0.145. The highest BCUT2D eigenvalue weighted by Crippen LogP contribution is 2.37. The van der Waals surface area contributed by atoms with E-state index in [0.29, 0.717) is 23.0 Å². The van der Waals surface area contributed by atoms with Crippen LogP contribution in [0.1, 0.15) is 12.0 Å². The molecular weight excluding hydrogens is 282 g/mol. The molecular formula is C14H16ClNO4. The molecule has 0 spiro atoms. The Balaban J connectivity index is 2.35. The SMILES string of the molecule is COC(=O)C1CC(=O)N(c2cc(C)c(Cl)cc2OC)C1. The van der Waals surface area contributed by atoms with Gasteiger partial charge in [-0.25, -0.2) is 0 Å². The van der Waals surface area contributed by atoms with Gasteiger partial charge in [0.15, 0.2) is 0 Å². The fraction of sp³-hybridized carbons (Fsp3) is 0.429. The molecule has 1 unspecified atom stereocenters. The number of halogens is 1. The summed E-state index contributed by atoms with van der Waals surface area (Å²) in [4.78, 5) is 25.2. The molecule has 1 heterocycles. The molecule has 1 aromatic carbocycles. The maximum absolute atomic E-state index is 12.1. The number of nitrogens with zero attached hydrogens (tertiary/aromatic N) is 1. The molecule has 20 heavy (non-hydrogen) atoms. The summed E-state index contributed by atoms with van der Waals surface area (Å²) in [5.74, 6) is -0.418. The first-order chi connectivity index (χ1) is 9.47. The Morgan fingerprint density at radius 1 is 1.40 bits per heavy atom. The molecule has 5 nitrogen and oxygen atoms in total. The zero-order valence-electron chi connectivity index (χ0n) is 11.6. The van der Waals surface area contributed by atoms with E-state index < -0.39 is 5.92 Å². The van der Waals surface area contributed by atoms with Gasteiger partial charge in [-0.2, -0.15) is 0 Å². The number of ether oxygens (including phenoxy) is 2. The minimum absolute atomic E-state index is 0.125. The summed E-state index contributed by atoms with van der Waals surface area (Å²) in [7, 11) is 2.84. The van der Waals surface area contributed by atoms with Crippen molar-refractivity contribution < 1.29 is 19.1 Å². The van der Waals surface area contributed by atoms with Crippen molar-refractivity contribution in [3.05, 3.63) is 22.7 Å². The van der Waals surface area contributed by atoms with Crippen LogP contribution < -0.4 is 9.64 Å². The van der Waals surface area contributed by atoms with Crippen molar-refractivity contribution in [2.24, 2.45) is 5.92 Å². The molecule has 0 N–H and O–H groups in total. The Labute approximate surface area is 122 Å².